The maximum absolute atomic E-state index is 5.51. The highest BCUT2D eigenvalue weighted by atomic mass is 35.5. The minimum Gasteiger partial charge on any atom is -0.462 e. The summed E-state index contributed by atoms with van der Waals surface area (Å²) < 4.78 is 5.55. The van der Waals surface area contributed by atoms with E-state index in [4.69, 9.17) is 21.8 Å². The molecule has 0 aliphatic heterocycles. The predicted molar refractivity (Wildman–Crippen MR) is 82.3 cm³/mol. The number of hydrogen-bond donors (Lipinski definition) is 2. The predicted octanol–water partition coefficient (Wildman–Crippen LogP) is 3.82. The van der Waals surface area contributed by atoms with Gasteiger partial charge in [-0.2, -0.15) is 0 Å². The minimum atomic E-state index is 0.306. The Hall–Kier alpha value is -1.92. The van der Waals surface area contributed by atoms with Gasteiger partial charge in [-0.1, -0.05) is 11.6 Å². The number of nitrogens with two attached hydrogens (primary N) is 1. The lowest BCUT2D eigenvalue weighted by Crippen LogP contribution is -1.91. The Morgan fingerprint density at radius 3 is 2.75 bits per heavy atom. The van der Waals surface area contributed by atoms with E-state index in [-0.39, 0.29) is 0 Å². The van der Waals surface area contributed by atoms with Crippen molar-refractivity contribution in [2.45, 2.75) is 13.8 Å². The first-order valence-corrected chi connectivity index (χ1v) is 6.57. The summed E-state index contributed by atoms with van der Waals surface area (Å²) in [6.07, 6.45) is 3.52. The molecular formula is C13H13ClN4OS. The number of rotatable bonds is 0. The molecule has 104 valence electrons. The van der Waals surface area contributed by atoms with Gasteiger partial charge >= 0.3 is 0 Å². The van der Waals surface area contributed by atoms with Gasteiger partial charge in [-0.25, -0.2) is 4.98 Å². The quantitative estimate of drug-likeness (QED) is 0.487. The molecule has 7 heteroatoms. The van der Waals surface area contributed by atoms with Gasteiger partial charge in [-0.05, 0) is 37.7 Å². The van der Waals surface area contributed by atoms with Crippen molar-refractivity contribution in [2.24, 2.45) is 0 Å². The summed E-state index contributed by atoms with van der Waals surface area (Å²) in [4.78, 5) is 10.4. The number of halogens is 1. The van der Waals surface area contributed by atoms with E-state index in [1.165, 1.54) is 11.6 Å². The number of aryl methyl sites for hydroxylation is 2. The number of nitrogens with one attached hydrogen (secondary N) is 1. The molecule has 0 aliphatic rings. The standard InChI is InChI=1S/C9H9NO.C4H4ClN3S/c1-6-5-11-9-4-10-7(2)3-8(6)9;5-2-1-3(6)8-4(9)7-2/h3-5H,1-2H3;1H,(H3,6,7,8,9). The molecule has 20 heavy (non-hydrogen) atoms. The van der Waals surface area contributed by atoms with Crippen molar-refractivity contribution in [3.8, 4) is 0 Å². The molecule has 3 heterocycles. The summed E-state index contributed by atoms with van der Waals surface area (Å²) in [5.74, 6) is 0.337. The van der Waals surface area contributed by atoms with Crippen LogP contribution in [0.3, 0.4) is 0 Å². The van der Waals surface area contributed by atoms with Gasteiger partial charge < -0.3 is 15.1 Å². The lowest BCUT2D eigenvalue weighted by Gasteiger charge is -1.90. The average Bonchev–Trinajstić information content (AvgIpc) is 2.70. The van der Waals surface area contributed by atoms with Crippen molar-refractivity contribution in [1.29, 1.82) is 0 Å². The molecule has 0 aromatic carbocycles. The van der Waals surface area contributed by atoms with Gasteiger partial charge in [0.05, 0.1) is 12.5 Å². The Bertz CT molecular complexity index is 773. The minimum absolute atomic E-state index is 0.306. The highest BCUT2D eigenvalue weighted by molar-refractivity contribution is 7.71. The van der Waals surface area contributed by atoms with E-state index >= 15 is 0 Å². The van der Waals surface area contributed by atoms with Gasteiger partial charge in [0.2, 0.25) is 0 Å². The molecule has 3 N–H and O–H groups in total. The molecule has 3 aromatic rings. The van der Waals surface area contributed by atoms with Gasteiger partial charge in [0, 0.05) is 17.1 Å². The third-order valence-electron chi connectivity index (χ3n) is 2.52. The van der Waals surface area contributed by atoms with Crippen LogP contribution in [0.2, 0.25) is 5.15 Å². The second-order valence-electron chi connectivity index (χ2n) is 4.20. The normalized spacial score (nSPS) is 10.2. The van der Waals surface area contributed by atoms with Crippen LogP contribution in [0.5, 0.6) is 0 Å². The van der Waals surface area contributed by atoms with Crippen molar-refractivity contribution in [3.63, 3.8) is 0 Å². The fourth-order valence-electron chi connectivity index (χ4n) is 1.61. The first kappa shape index (κ1) is 14.5. The highest BCUT2D eigenvalue weighted by Crippen LogP contribution is 2.19. The van der Waals surface area contributed by atoms with E-state index in [0.29, 0.717) is 15.7 Å². The van der Waals surface area contributed by atoms with Crippen LogP contribution in [0.4, 0.5) is 5.82 Å². The average molecular weight is 309 g/mol. The zero-order valence-electron chi connectivity index (χ0n) is 11.0. The van der Waals surface area contributed by atoms with E-state index in [1.807, 2.05) is 19.9 Å². The molecule has 5 nitrogen and oxygen atoms in total. The molecule has 0 fully saturated rings. The maximum Gasteiger partial charge on any atom is 0.199 e. The molecule has 0 atom stereocenters. The van der Waals surface area contributed by atoms with E-state index in [9.17, 15) is 0 Å². The van der Waals surface area contributed by atoms with Crippen molar-refractivity contribution in [1.82, 2.24) is 15.0 Å². The summed E-state index contributed by atoms with van der Waals surface area (Å²) >= 11 is 10.2. The third kappa shape index (κ3) is 3.55. The van der Waals surface area contributed by atoms with E-state index in [0.717, 1.165) is 16.7 Å². The Kier molecular flexibility index (Phi) is 4.36. The number of hydrogen-bond acceptors (Lipinski definition) is 5. The topological polar surface area (TPSA) is 80.7 Å². The molecule has 0 spiro atoms. The van der Waals surface area contributed by atoms with Crippen LogP contribution < -0.4 is 5.73 Å². The van der Waals surface area contributed by atoms with Crippen LogP contribution in [-0.2, 0) is 0 Å². The fraction of sp³-hybridized carbons (Fsp3) is 0.154. The van der Waals surface area contributed by atoms with Crippen LogP contribution in [0.15, 0.2) is 29.0 Å². The van der Waals surface area contributed by atoms with Gasteiger partial charge in [-0.15, -0.1) is 0 Å². The molecular weight excluding hydrogens is 296 g/mol. The summed E-state index contributed by atoms with van der Waals surface area (Å²) in [7, 11) is 0. The number of fused-ring (bicyclic) bond motifs is 1. The van der Waals surface area contributed by atoms with Crippen LogP contribution in [0, 0.1) is 18.6 Å². The van der Waals surface area contributed by atoms with E-state index in [2.05, 4.69) is 27.2 Å². The lowest BCUT2D eigenvalue weighted by molar-refractivity contribution is 0.611. The molecule has 0 unspecified atom stereocenters. The maximum atomic E-state index is 5.51. The van der Waals surface area contributed by atoms with Crippen molar-refractivity contribution in [3.05, 3.63) is 45.8 Å². The zero-order chi connectivity index (χ0) is 14.7. The number of nitrogens with zero attached hydrogens (tertiary/aromatic N) is 2. The Balaban J connectivity index is 0.000000151. The Morgan fingerprint density at radius 2 is 2.10 bits per heavy atom. The zero-order valence-corrected chi connectivity index (χ0v) is 12.5. The number of aromatic nitrogens is 3. The van der Waals surface area contributed by atoms with Crippen molar-refractivity contribution in [2.75, 3.05) is 5.73 Å². The smallest absolute Gasteiger partial charge is 0.199 e. The number of furan rings is 1. The Labute approximate surface area is 125 Å². The largest absolute Gasteiger partial charge is 0.462 e. The Morgan fingerprint density at radius 1 is 1.35 bits per heavy atom. The van der Waals surface area contributed by atoms with Gasteiger partial charge in [-0.3, -0.25) is 4.98 Å². The van der Waals surface area contributed by atoms with Crippen LogP contribution >= 0.6 is 23.8 Å². The molecule has 3 rings (SSSR count). The number of H-pyrrole nitrogens is 1. The highest BCUT2D eigenvalue weighted by Gasteiger charge is 2.00. The number of nitrogen functional groups attached to an aromatic ring is 1. The number of anilines is 1. The fourth-order valence-corrected chi connectivity index (χ4v) is 2.08. The second kappa shape index (κ2) is 6.02. The SMILES string of the molecule is Cc1cc2c(C)coc2cn1.Nc1cc(Cl)[nH]c(=S)n1. The van der Waals surface area contributed by atoms with Gasteiger partial charge in [0.1, 0.15) is 11.0 Å². The lowest BCUT2D eigenvalue weighted by atomic mass is 10.2. The molecule has 0 saturated carbocycles. The summed E-state index contributed by atoms with van der Waals surface area (Å²) in [6.45, 7) is 4.01. The molecule has 0 aliphatic carbocycles. The molecule has 0 radical (unpaired) electrons. The van der Waals surface area contributed by atoms with Crippen LogP contribution in [0.1, 0.15) is 11.3 Å². The summed E-state index contributed by atoms with van der Waals surface area (Å²) in [5, 5.41) is 1.57. The molecule has 0 bridgehead atoms. The van der Waals surface area contributed by atoms with E-state index < -0.39 is 0 Å². The monoisotopic (exact) mass is 308 g/mol. The van der Waals surface area contributed by atoms with Crippen molar-refractivity contribution >= 4 is 40.6 Å². The number of aromatic amines is 1. The van der Waals surface area contributed by atoms with Crippen LogP contribution in [0.25, 0.3) is 11.0 Å². The van der Waals surface area contributed by atoms with Crippen LogP contribution in [-0.4, -0.2) is 15.0 Å². The molecule has 0 saturated heterocycles. The summed E-state index contributed by atoms with van der Waals surface area (Å²) in [5.41, 5.74) is 8.35. The first-order valence-electron chi connectivity index (χ1n) is 5.78. The second-order valence-corrected chi connectivity index (χ2v) is 4.99. The molecule has 3 aromatic heterocycles. The summed E-state index contributed by atoms with van der Waals surface area (Å²) in [6, 6.07) is 3.53. The molecule has 0 amide bonds. The van der Waals surface area contributed by atoms with Gasteiger partial charge in [0.25, 0.3) is 0 Å². The van der Waals surface area contributed by atoms with E-state index in [1.54, 1.807) is 12.5 Å². The number of pyridine rings is 1. The first-order chi connectivity index (χ1) is 9.45. The third-order valence-corrected chi connectivity index (χ3v) is 2.92. The van der Waals surface area contributed by atoms with Gasteiger partial charge in [0.15, 0.2) is 10.4 Å². The van der Waals surface area contributed by atoms with Crippen molar-refractivity contribution < 1.29 is 4.42 Å².